The third-order valence-corrected chi connectivity index (χ3v) is 3.30. The van der Waals surface area contributed by atoms with E-state index >= 15 is 0 Å². The van der Waals surface area contributed by atoms with E-state index in [4.69, 9.17) is 0 Å². The Bertz CT molecular complexity index is 677. The standard InChI is InChI=1S/C13H13F3O5S/c1-3-20-12(17)7-5-10-8-9(2)4-6-11(10)21-22(18,19)13(14,15)16/h4-8H,3H2,1-2H3/b7-5+. The van der Waals surface area contributed by atoms with Crippen molar-refractivity contribution in [2.45, 2.75) is 19.4 Å². The first-order valence-electron chi connectivity index (χ1n) is 6.03. The summed E-state index contributed by atoms with van der Waals surface area (Å²) >= 11 is 0. The van der Waals surface area contributed by atoms with Crippen molar-refractivity contribution < 1.29 is 35.3 Å². The molecule has 0 aliphatic rings. The molecular formula is C13H13F3O5S. The molecule has 0 heterocycles. The van der Waals surface area contributed by atoms with Gasteiger partial charge in [0.25, 0.3) is 0 Å². The maximum atomic E-state index is 12.3. The van der Waals surface area contributed by atoms with Crippen LogP contribution in [0.2, 0.25) is 0 Å². The molecule has 0 aromatic heterocycles. The topological polar surface area (TPSA) is 69.7 Å². The molecule has 0 radical (unpaired) electrons. The van der Waals surface area contributed by atoms with Crippen molar-refractivity contribution in [3.63, 3.8) is 0 Å². The van der Waals surface area contributed by atoms with Crippen LogP contribution in [0.5, 0.6) is 5.75 Å². The second-order valence-corrected chi connectivity index (χ2v) is 5.65. The number of rotatable bonds is 5. The Hall–Kier alpha value is -2.03. The highest BCUT2D eigenvalue weighted by molar-refractivity contribution is 7.88. The van der Waals surface area contributed by atoms with Crippen molar-refractivity contribution in [2.75, 3.05) is 6.61 Å². The zero-order valence-corrected chi connectivity index (χ0v) is 12.5. The van der Waals surface area contributed by atoms with Crippen LogP contribution < -0.4 is 4.18 Å². The van der Waals surface area contributed by atoms with Gasteiger partial charge in [-0.05, 0) is 32.1 Å². The summed E-state index contributed by atoms with van der Waals surface area (Å²) in [5.41, 5.74) is -4.90. The fourth-order valence-corrected chi connectivity index (χ4v) is 1.87. The minimum Gasteiger partial charge on any atom is -0.463 e. The van der Waals surface area contributed by atoms with Crippen LogP contribution in [0.1, 0.15) is 18.1 Å². The Morgan fingerprint density at radius 2 is 1.95 bits per heavy atom. The van der Waals surface area contributed by atoms with Crippen molar-refractivity contribution in [2.24, 2.45) is 0 Å². The van der Waals surface area contributed by atoms with Crippen molar-refractivity contribution in [3.05, 3.63) is 35.4 Å². The summed E-state index contributed by atoms with van der Waals surface area (Å²) in [5.74, 6) is -1.25. The SMILES string of the molecule is CCOC(=O)/C=C/c1cc(C)ccc1OS(=O)(=O)C(F)(F)F. The molecule has 22 heavy (non-hydrogen) atoms. The molecule has 0 bridgehead atoms. The number of carbonyl (C=O) groups excluding carboxylic acids is 1. The predicted octanol–water partition coefficient (Wildman–Crippen LogP) is 2.80. The molecule has 0 saturated heterocycles. The number of ether oxygens (including phenoxy) is 1. The Kier molecular flexibility index (Phi) is 5.59. The summed E-state index contributed by atoms with van der Waals surface area (Å²) in [5, 5.41) is 0. The van der Waals surface area contributed by atoms with Gasteiger partial charge in [0.2, 0.25) is 0 Å². The number of benzene rings is 1. The molecule has 0 spiro atoms. The molecule has 0 aliphatic carbocycles. The van der Waals surface area contributed by atoms with E-state index in [2.05, 4.69) is 8.92 Å². The lowest BCUT2D eigenvalue weighted by Crippen LogP contribution is -2.28. The van der Waals surface area contributed by atoms with Gasteiger partial charge in [-0.25, -0.2) is 4.79 Å². The maximum absolute atomic E-state index is 12.3. The molecule has 9 heteroatoms. The highest BCUT2D eigenvalue weighted by Gasteiger charge is 2.48. The van der Waals surface area contributed by atoms with Crippen LogP contribution in [0.25, 0.3) is 6.08 Å². The molecular weight excluding hydrogens is 325 g/mol. The Labute approximate surface area is 125 Å². The van der Waals surface area contributed by atoms with Crippen molar-refractivity contribution in [1.29, 1.82) is 0 Å². The van der Waals surface area contributed by atoms with Crippen LogP contribution in [-0.4, -0.2) is 26.5 Å². The van der Waals surface area contributed by atoms with Crippen LogP contribution in [0.3, 0.4) is 0 Å². The summed E-state index contributed by atoms with van der Waals surface area (Å²) in [6.45, 7) is 3.36. The molecule has 122 valence electrons. The monoisotopic (exact) mass is 338 g/mol. The average molecular weight is 338 g/mol. The molecule has 0 amide bonds. The number of halogens is 3. The van der Waals surface area contributed by atoms with E-state index in [9.17, 15) is 26.4 Å². The minimum absolute atomic E-state index is 0.000813. The van der Waals surface area contributed by atoms with Gasteiger partial charge < -0.3 is 8.92 Å². The lowest BCUT2D eigenvalue weighted by atomic mass is 10.1. The number of aryl methyl sites for hydroxylation is 1. The van der Waals surface area contributed by atoms with E-state index in [0.29, 0.717) is 5.56 Å². The fourth-order valence-electron chi connectivity index (χ4n) is 1.39. The summed E-state index contributed by atoms with van der Waals surface area (Å²) < 4.78 is 67.8. The molecule has 0 saturated carbocycles. The normalized spacial score (nSPS) is 12.4. The third-order valence-electron chi connectivity index (χ3n) is 2.33. The Morgan fingerprint density at radius 3 is 2.50 bits per heavy atom. The maximum Gasteiger partial charge on any atom is 0.534 e. The molecule has 0 unspecified atom stereocenters. The third kappa shape index (κ3) is 4.76. The van der Waals surface area contributed by atoms with Crippen LogP contribution in [0.4, 0.5) is 13.2 Å². The molecule has 1 aromatic rings. The Morgan fingerprint density at radius 1 is 1.32 bits per heavy atom. The van der Waals surface area contributed by atoms with E-state index in [1.165, 1.54) is 12.1 Å². The van der Waals surface area contributed by atoms with Crippen molar-refractivity contribution >= 4 is 22.2 Å². The molecule has 0 aliphatic heterocycles. The summed E-state index contributed by atoms with van der Waals surface area (Å²) in [4.78, 5) is 11.2. The number of esters is 1. The highest BCUT2D eigenvalue weighted by Crippen LogP contribution is 2.30. The lowest BCUT2D eigenvalue weighted by molar-refractivity contribution is -0.137. The molecule has 1 rings (SSSR count). The van der Waals surface area contributed by atoms with Crippen LogP contribution in [-0.2, 0) is 19.6 Å². The zero-order valence-electron chi connectivity index (χ0n) is 11.7. The molecule has 0 atom stereocenters. The van der Waals surface area contributed by atoms with E-state index in [0.717, 1.165) is 18.2 Å². The van der Waals surface area contributed by atoms with Gasteiger partial charge in [0.05, 0.1) is 6.61 Å². The van der Waals surface area contributed by atoms with Crippen LogP contribution in [0, 0.1) is 6.92 Å². The van der Waals surface area contributed by atoms with Gasteiger partial charge in [0.15, 0.2) is 0 Å². The fraction of sp³-hybridized carbons (Fsp3) is 0.308. The largest absolute Gasteiger partial charge is 0.534 e. The van der Waals surface area contributed by atoms with Crippen molar-refractivity contribution in [3.8, 4) is 5.75 Å². The zero-order chi connectivity index (χ0) is 17.0. The molecule has 5 nitrogen and oxygen atoms in total. The van der Waals surface area contributed by atoms with Gasteiger partial charge in [0, 0.05) is 11.6 Å². The summed E-state index contributed by atoms with van der Waals surface area (Å²) in [6, 6.07) is 3.82. The number of carbonyl (C=O) groups is 1. The first-order valence-corrected chi connectivity index (χ1v) is 7.44. The quantitative estimate of drug-likeness (QED) is 0.357. The first-order chi connectivity index (χ1) is 10.1. The predicted molar refractivity (Wildman–Crippen MR) is 72.4 cm³/mol. The van der Waals surface area contributed by atoms with Gasteiger partial charge in [-0.3, -0.25) is 0 Å². The van der Waals surface area contributed by atoms with Crippen molar-refractivity contribution in [1.82, 2.24) is 0 Å². The number of hydrogen-bond donors (Lipinski definition) is 0. The molecule has 0 N–H and O–H groups in total. The van der Waals surface area contributed by atoms with Gasteiger partial charge >= 0.3 is 21.6 Å². The second-order valence-electron chi connectivity index (χ2n) is 4.11. The summed E-state index contributed by atoms with van der Waals surface area (Å²) in [6.07, 6.45) is 2.08. The Balaban J connectivity index is 3.14. The average Bonchev–Trinajstić information content (AvgIpc) is 2.38. The van der Waals surface area contributed by atoms with E-state index in [1.54, 1.807) is 13.8 Å². The van der Waals surface area contributed by atoms with E-state index in [1.807, 2.05) is 0 Å². The molecule has 1 aromatic carbocycles. The number of alkyl halides is 3. The number of hydrogen-bond acceptors (Lipinski definition) is 5. The van der Waals surface area contributed by atoms with E-state index < -0.39 is 27.3 Å². The van der Waals surface area contributed by atoms with Crippen LogP contribution >= 0.6 is 0 Å². The smallest absolute Gasteiger partial charge is 0.463 e. The van der Waals surface area contributed by atoms with Gasteiger partial charge in [-0.1, -0.05) is 11.6 Å². The minimum atomic E-state index is -5.78. The lowest BCUT2D eigenvalue weighted by Gasteiger charge is -2.11. The molecule has 0 fully saturated rings. The van der Waals surface area contributed by atoms with E-state index in [-0.39, 0.29) is 12.2 Å². The summed E-state index contributed by atoms with van der Waals surface area (Å²) in [7, 11) is -5.78. The highest BCUT2D eigenvalue weighted by atomic mass is 32.2. The van der Waals surface area contributed by atoms with Gasteiger partial charge in [0.1, 0.15) is 5.75 Å². The van der Waals surface area contributed by atoms with Gasteiger partial charge in [-0.2, -0.15) is 21.6 Å². The second kappa shape index (κ2) is 6.82. The first kappa shape index (κ1) is 18.0. The van der Waals surface area contributed by atoms with Crippen LogP contribution in [0.15, 0.2) is 24.3 Å². The van der Waals surface area contributed by atoms with Gasteiger partial charge in [-0.15, -0.1) is 0 Å².